The van der Waals surface area contributed by atoms with Gasteiger partial charge in [0, 0.05) is 31.7 Å². The second-order valence-corrected chi connectivity index (χ2v) is 4.85. The van der Waals surface area contributed by atoms with E-state index in [0.29, 0.717) is 5.69 Å². The van der Waals surface area contributed by atoms with Gasteiger partial charge in [-0.25, -0.2) is 14.2 Å². The Morgan fingerprint density at radius 2 is 2.05 bits per heavy atom. The summed E-state index contributed by atoms with van der Waals surface area (Å²) in [5.74, 6) is -2.31. The molecule has 110 valence electrons. The summed E-state index contributed by atoms with van der Waals surface area (Å²) in [5.41, 5.74) is 2.29. The van der Waals surface area contributed by atoms with Crippen LogP contribution in [0, 0.1) is 12.7 Å². The zero-order valence-corrected chi connectivity index (χ0v) is 12.0. The first kappa shape index (κ1) is 14.8. The molecule has 6 heteroatoms. The largest absolute Gasteiger partial charge is 0.478 e. The molecule has 2 aromatic rings. The van der Waals surface area contributed by atoms with Crippen LogP contribution in [0.2, 0.25) is 0 Å². The number of aryl methyl sites for hydroxylation is 1. The number of aromatic nitrogens is 1. The van der Waals surface area contributed by atoms with Gasteiger partial charge in [-0.2, -0.15) is 0 Å². The third kappa shape index (κ3) is 3.10. The number of carbonyl (C=O) groups is 1. The highest BCUT2D eigenvalue weighted by Crippen LogP contribution is 2.26. The number of rotatable bonds is 4. The first-order valence-corrected chi connectivity index (χ1v) is 6.33. The van der Waals surface area contributed by atoms with Gasteiger partial charge in [0.2, 0.25) is 0 Å². The lowest BCUT2D eigenvalue weighted by Gasteiger charge is -2.17. The van der Waals surface area contributed by atoms with Crippen molar-refractivity contribution in [2.24, 2.45) is 0 Å². The fourth-order valence-electron chi connectivity index (χ4n) is 2.00. The predicted molar refractivity (Wildman–Crippen MR) is 79.9 cm³/mol. The van der Waals surface area contributed by atoms with Gasteiger partial charge in [0.25, 0.3) is 0 Å². The van der Waals surface area contributed by atoms with Crippen LogP contribution in [0.4, 0.5) is 21.6 Å². The van der Waals surface area contributed by atoms with Gasteiger partial charge in [0.1, 0.15) is 5.56 Å². The minimum Gasteiger partial charge on any atom is -0.478 e. The molecule has 0 fully saturated rings. The molecule has 0 atom stereocenters. The third-order valence-electron chi connectivity index (χ3n) is 3.07. The van der Waals surface area contributed by atoms with Gasteiger partial charge in [0.15, 0.2) is 11.6 Å². The van der Waals surface area contributed by atoms with Crippen molar-refractivity contribution in [2.75, 3.05) is 24.3 Å². The van der Waals surface area contributed by atoms with Crippen molar-refractivity contribution in [1.82, 2.24) is 4.98 Å². The molecule has 0 bridgehead atoms. The van der Waals surface area contributed by atoms with Gasteiger partial charge < -0.3 is 15.3 Å². The summed E-state index contributed by atoms with van der Waals surface area (Å²) < 4.78 is 14.0. The second kappa shape index (κ2) is 5.78. The minimum atomic E-state index is -1.32. The molecule has 0 aliphatic carbocycles. The standard InChI is InChI=1S/C15H16FN3O2/c1-9-4-5-10(8-12(9)19(2)3)18-14-13(16)11(15(20)21)6-7-17-14/h4-8H,1-3H3,(H,17,18)(H,20,21). The van der Waals surface area contributed by atoms with E-state index in [1.54, 1.807) is 6.07 Å². The average molecular weight is 289 g/mol. The fraction of sp³-hybridized carbons (Fsp3) is 0.200. The number of hydrogen-bond acceptors (Lipinski definition) is 4. The van der Waals surface area contributed by atoms with Crippen LogP contribution in [0.3, 0.4) is 0 Å². The van der Waals surface area contributed by atoms with E-state index in [-0.39, 0.29) is 5.82 Å². The molecule has 0 spiro atoms. The molecular formula is C15H16FN3O2. The van der Waals surface area contributed by atoms with Crippen LogP contribution in [0.25, 0.3) is 0 Å². The normalized spacial score (nSPS) is 10.3. The van der Waals surface area contributed by atoms with E-state index in [0.717, 1.165) is 17.3 Å². The lowest BCUT2D eigenvalue weighted by molar-refractivity contribution is 0.0692. The number of carboxylic acid groups (broad SMARTS) is 1. The van der Waals surface area contributed by atoms with Crippen molar-refractivity contribution in [3.63, 3.8) is 0 Å². The topological polar surface area (TPSA) is 65.5 Å². The summed E-state index contributed by atoms with van der Waals surface area (Å²) in [6.45, 7) is 1.98. The quantitative estimate of drug-likeness (QED) is 0.905. The predicted octanol–water partition coefficient (Wildman–Crippen LogP) is 3.04. The Morgan fingerprint density at radius 1 is 1.33 bits per heavy atom. The fourth-order valence-corrected chi connectivity index (χ4v) is 2.00. The van der Waals surface area contributed by atoms with E-state index in [9.17, 15) is 9.18 Å². The summed E-state index contributed by atoms with van der Waals surface area (Å²) >= 11 is 0. The summed E-state index contributed by atoms with van der Waals surface area (Å²) in [5, 5.41) is 11.7. The van der Waals surface area contributed by atoms with Crippen molar-refractivity contribution < 1.29 is 14.3 Å². The number of pyridine rings is 1. The molecule has 0 aliphatic heterocycles. The third-order valence-corrected chi connectivity index (χ3v) is 3.07. The second-order valence-electron chi connectivity index (χ2n) is 4.85. The van der Waals surface area contributed by atoms with Gasteiger partial charge in [-0.05, 0) is 30.7 Å². The molecule has 0 aliphatic rings. The van der Waals surface area contributed by atoms with Crippen molar-refractivity contribution in [3.8, 4) is 0 Å². The molecule has 0 amide bonds. The van der Waals surface area contributed by atoms with Crippen LogP contribution in [0.5, 0.6) is 0 Å². The number of benzene rings is 1. The molecule has 1 aromatic carbocycles. The van der Waals surface area contributed by atoms with E-state index in [4.69, 9.17) is 5.11 Å². The van der Waals surface area contributed by atoms with Gasteiger partial charge >= 0.3 is 5.97 Å². The number of aromatic carboxylic acids is 1. The maximum atomic E-state index is 14.0. The number of nitrogens with zero attached hydrogens (tertiary/aromatic N) is 2. The first-order valence-electron chi connectivity index (χ1n) is 6.33. The number of carboxylic acids is 1. The SMILES string of the molecule is Cc1ccc(Nc2nccc(C(=O)O)c2F)cc1N(C)C. The van der Waals surface area contributed by atoms with Crippen LogP contribution in [-0.4, -0.2) is 30.2 Å². The Hall–Kier alpha value is -2.63. The summed E-state index contributed by atoms with van der Waals surface area (Å²) in [6.07, 6.45) is 1.26. The van der Waals surface area contributed by atoms with E-state index < -0.39 is 17.3 Å². The Bertz CT molecular complexity index is 687. The molecule has 5 nitrogen and oxygen atoms in total. The summed E-state index contributed by atoms with van der Waals surface area (Å²) in [6, 6.07) is 6.67. The molecule has 1 aromatic heterocycles. The van der Waals surface area contributed by atoms with Gasteiger partial charge in [-0.15, -0.1) is 0 Å². The van der Waals surface area contributed by atoms with Gasteiger partial charge in [-0.3, -0.25) is 0 Å². The highest BCUT2D eigenvalue weighted by Gasteiger charge is 2.15. The van der Waals surface area contributed by atoms with E-state index >= 15 is 0 Å². The number of anilines is 3. The smallest absolute Gasteiger partial charge is 0.338 e. The number of halogens is 1. The highest BCUT2D eigenvalue weighted by molar-refractivity contribution is 5.89. The maximum Gasteiger partial charge on any atom is 0.338 e. The lowest BCUT2D eigenvalue weighted by Crippen LogP contribution is -2.11. The molecule has 1 heterocycles. The summed E-state index contributed by atoms with van der Waals surface area (Å²) in [7, 11) is 3.83. The first-order chi connectivity index (χ1) is 9.90. The molecule has 0 unspecified atom stereocenters. The van der Waals surface area contributed by atoms with Gasteiger partial charge in [-0.1, -0.05) is 6.07 Å². The van der Waals surface area contributed by atoms with Crippen LogP contribution in [0.1, 0.15) is 15.9 Å². The Kier molecular flexibility index (Phi) is 4.07. The average Bonchev–Trinajstić information content (AvgIpc) is 2.42. The molecule has 0 radical (unpaired) electrons. The van der Waals surface area contributed by atoms with E-state index in [2.05, 4.69) is 10.3 Å². The van der Waals surface area contributed by atoms with Crippen LogP contribution in [0.15, 0.2) is 30.5 Å². The summed E-state index contributed by atoms with van der Waals surface area (Å²) in [4.78, 5) is 16.7. The molecule has 0 saturated heterocycles. The molecule has 2 N–H and O–H groups in total. The molecule has 2 rings (SSSR count). The number of hydrogen-bond donors (Lipinski definition) is 2. The Labute approximate surface area is 122 Å². The molecular weight excluding hydrogens is 273 g/mol. The zero-order valence-electron chi connectivity index (χ0n) is 12.0. The Morgan fingerprint density at radius 3 is 2.67 bits per heavy atom. The van der Waals surface area contributed by atoms with Crippen molar-refractivity contribution in [1.29, 1.82) is 0 Å². The van der Waals surface area contributed by atoms with Crippen LogP contribution >= 0.6 is 0 Å². The maximum absolute atomic E-state index is 14.0. The van der Waals surface area contributed by atoms with Crippen LogP contribution in [-0.2, 0) is 0 Å². The minimum absolute atomic E-state index is 0.108. The van der Waals surface area contributed by atoms with Crippen molar-refractivity contribution >= 4 is 23.2 Å². The van der Waals surface area contributed by atoms with Crippen molar-refractivity contribution in [2.45, 2.75) is 6.92 Å². The molecule has 0 saturated carbocycles. The zero-order chi connectivity index (χ0) is 15.6. The lowest BCUT2D eigenvalue weighted by atomic mass is 10.1. The van der Waals surface area contributed by atoms with E-state index in [1.807, 2.05) is 38.1 Å². The highest BCUT2D eigenvalue weighted by atomic mass is 19.1. The van der Waals surface area contributed by atoms with E-state index in [1.165, 1.54) is 6.20 Å². The monoisotopic (exact) mass is 289 g/mol. The van der Waals surface area contributed by atoms with Crippen molar-refractivity contribution in [3.05, 3.63) is 47.4 Å². The Balaban J connectivity index is 2.37. The van der Waals surface area contributed by atoms with Gasteiger partial charge in [0.05, 0.1) is 0 Å². The number of nitrogens with one attached hydrogen (secondary N) is 1. The van der Waals surface area contributed by atoms with Crippen LogP contribution < -0.4 is 10.2 Å². The molecule has 21 heavy (non-hydrogen) atoms.